The van der Waals surface area contributed by atoms with Crippen LogP contribution in [0.3, 0.4) is 0 Å². The van der Waals surface area contributed by atoms with Crippen molar-refractivity contribution in [2.75, 3.05) is 7.11 Å². The first-order valence-corrected chi connectivity index (χ1v) is 8.82. The summed E-state index contributed by atoms with van der Waals surface area (Å²) < 4.78 is 36.5. The van der Waals surface area contributed by atoms with Gasteiger partial charge in [0.05, 0.1) is 19.1 Å². The highest BCUT2D eigenvalue weighted by Gasteiger charge is 2.13. The highest BCUT2D eigenvalue weighted by atomic mass is 32.2. The molecule has 0 aliphatic rings. The summed E-state index contributed by atoms with van der Waals surface area (Å²) in [5, 5.41) is 0. The van der Waals surface area contributed by atoms with Crippen molar-refractivity contribution >= 4 is 10.8 Å². The number of benzene rings is 2. The lowest BCUT2D eigenvalue weighted by molar-refractivity contribution is 0.410. The van der Waals surface area contributed by atoms with Crippen LogP contribution in [-0.2, 0) is 22.3 Å². The van der Waals surface area contributed by atoms with E-state index in [9.17, 15) is 8.60 Å². The second-order valence-electron chi connectivity index (χ2n) is 5.17. The molecule has 0 aliphatic carbocycles. The van der Waals surface area contributed by atoms with E-state index in [1.807, 2.05) is 30.3 Å². The Bertz CT molecular complexity index is 848. The molecule has 2 aromatic carbocycles. The van der Waals surface area contributed by atoms with E-state index in [2.05, 4.69) is 4.98 Å². The molecule has 1 aromatic heterocycles. The van der Waals surface area contributed by atoms with E-state index >= 15 is 0 Å². The third-order valence-corrected chi connectivity index (χ3v) is 4.66. The first kappa shape index (κ1) is 16.4. The minimum atomic E-state index is -1.29. The molecule has 0 spiro atoms. The van der Waals surface area contributed by atoms with Gasteiger partial charge in [-0.15, -0.1) is 0 Å². The minimum Gasteiger partial charge on any atom is -0.496 e. The number of ether oxygens (including phenoxy) is 1. The number of halogens is 1. The van der Waals surface area contributed by atoms with E-state index in [-0.39, 0.29) is 17.3 Å². The van der Waals surface area contributed by atoms with Crippen LogP contribution in [0.1, 0.15) is 11.5 Å². The van der Waals surface area contributed by atoms with Gasteiger partial charge >= 0.3 is 0 Å². The monoisotopic (exact) mass is 345 g/mol. The van der Waals surface area contributed by atoms with Gasteiger partial charge in [-0.2, -0.15) is 0 Å². The molecule has 1 heterocycles. The van der Waals surface area contributed by atoms with Gasteiger partial charge in [0.2, 0.25) is 5.89 Å². The fraction of sp³-hybridized carbons (Fsp3) is 0.167. The summed E-state index contributed by atoms with van der Waals surface area (Å²) in [7, 11) is 0.212. The summed E-state index contributed by atoms with van der Waals surface area (Å²) in [5.74, 6) is 1.48. The Kier molecular flexibility index (Phi) is 5.05. The zero-order valence-electron chi connectivity index (χ0n) is 13.1. The molecule has 3 aromatic rings. The van der Waals surface area contributed by atoms with E-state index in [0.717, 1.165) is 5.56 Å². The smallest absolute Gasteiger partial charge is 0.207 e. The molecule has 24 heavy (non-hydrogen) atoms. The average Bonchev–Trinajstić information content (AvgIpc) is 3.04. The number of hydrogen-bond acceptors (Lipinski definition) is 4. The number of methoxy groups -OCH3 is 1. The Labute approximate surface area is 141 Å². The number of hydrogen-bond donors (Lipinski definition) is 0. The Balaban J connectivity index is 1.70. The summed E-state index contributed by atoms with van der Waals surface area (Å²) in [6.45, 7) is 0. The van der Waals surface area contributed by atoms with Crippen LogP contribution >= 0.6 is 0 Å². The van der Waals surface area contributed by atoms with Gasteiger partial charge in [-0.05, 0) is 18.2 Å². The predicted molar refractivity (Wildman–Crippen MR) is 90.4 cm³/mol. The van der Waals surface area contributed by atoms with Crippen LogP contribution in [-0.4, -0.2) is 16.3 Å². The van der Waals surface area contributed by atoms with Gasteiger partial charge in [0.25, 0.3) is 0 Å². The van der Waals surface area contributed by atoms with Crippen LogP contribution < -0.4 is 4.74 Å². The number of nitrogens with zero attached hydrogens (tertiary/aromatic N) is 1. The Morgan fingerprint density at radius 1 is 1.17 bits per heavy atom. The van der Waals surface area contributed by atoms with E-state index in [4.69, 9.17) is 9.15 Å². The molecule has 3 rings (SSSR count). The summed E-state index contributed by atoms with van der Waals surface area (Å²) in [4.78, 5) is 4.17. The van der Waals surface area contributed by atoms with Crippen molar-refractivity contribution in [1.29, 1.82) is 0 Å². The normalized spacial score (nSPS) is 12.1. The van der Waals surface area contributed by atoms with Crippen molar-refractivity contribution in [3.8, 4) is 17.1 Å². The van der Waals surface area contributed by atoms with Crippen LogP contribution in [0.2, 0.25) is 0 Å². The molecule has 0 radical (unpaired) electrons. The molecule has 4 nitrogen and oxygen atoms in total. The van der Waals surface area contributed by atoms with E-state index in [1.165, 1.54) is 25.3 Å². The highest BCUT2D eigenvalue weighted by molar-refractivity contribution is 7.83. The quantitative estimate of drug-likeness (QED) is 0.679. The molecule has 0 saturated heterocycles. The molecule has 0 N–H and O–H groups in total. The van der Waals surface area contributed by atoms with Crippen molar-refractivity contribution in [1.82, 2.24) is 4.98 Å². The topological polar surface area (TPSA) is 52.3 Å². The first-order valence-electron chi connectivity index (χ1n) is 7.33. The van der Waals surface area contributed by atoms with Gasteiger partial charge in [0.15, 0.2) is 5.76 Å². The lowest BCUT2D eigenvalue weighted by atomic mass is 10.2. The molecule has 6 heteroatoms. The van der Waals surface area contributed by atoms with Gasteiger partial charge in [0.1, 0.15) is 17.3 Å². The third kappa shape index (κ3) is 3.89. The zero-order valence-corrected chi connectivity index (χ0v) is 13.9. The molecule has 0 saturated carbocycles. The second kappa shape index (κ2) is 7.40. The molecule has 124 valence electrons. The molecule has 1 atom stereocenters. The fourth-order valence-electron chi connectivity index (χ4n) is 2.34. The van der Waals surface area contributed by atoms with Crippen LogP contribution in [0.5, 0.6) is 5.75 Å². The maximum Gasteiger partial charge on any atom is 0.207 e. The van der Waals surface area contributed by atoms with Crippen LogP contribution in [0.15, 0.2) is 59.1 Å². The van der Waals surface area contributed by atoms with Gasteiger partial charge in [-0.3, -0.25) is 4.21 Å². The number of oxazole rings is 1. The standard InChI is InChI=1S/C18H16FNO3S/c1-22-16-8-7-15(19)9-14(16)11-24(21)12-18-20-10-17(23-18)13-5-3-2-4-6-13/h2-10H,11-12H2,1H3. The highest BCUT2D eigenvalue weighted by Crippen LogP contribution is 2.23. The van der Waals surface area contributed by atoms with Crippen molar-refractivity contribution in [3.63, 3.8) is 0 Å². The number of aromatic nitrogens is 1. The second-order valence-corrected chi connectivity index (χ2v) is 6.63. The van der Waals surface area contributed by atoms with E-state index < -0.39 is 10.8 Å². The molecule has 0 amide bonds. The predicted octanol–water partition coefficient (Wildman–Crippen LogP) is 3.94. The maximum absolute atomic E-state index is 13.4. The number of rotatable bonds is 6. The Hall–Kier alpha value is -2.47. The van der Waals surface area contributed by atoms with Crippen molar-refractivity contribution in [2.24, 2.45) is 0 Å². The molecular weight excluding hydrogens is 329 g/mol. The van der Waals surface area contributed by atoms with Crippen LogP contribution in [0, 0.1) is 5.82 Å². The molecule has 0 aliphatic heterocycles. The van der Waals surface area contributed by atoms with E-state index in [0.29, 0.717) is 23.0 Å². The van der Waals surface area contributed by atoms with Crippen molar-refractivity contribution < 1.29 is 17.8 Å². The van der Waals surface area contributed by atoms with Crippen molar-refractivity contribution in [3.05, 3.63) is 72.0 Å². The van der Waals surface area contributed by atoms with Crippen LogP contribution in [0.4, 0.5) is 4.39 Å². The third-order valence-electron chi connectivity index (χ3n) is 3.46. The Morgan fingerprint density at radius 2 is 1.96 bits per heavy atom. The molecule has 0 bridgehead atoms. The van der Waals surface area contributed by atoms with Gasteiger partial charge in [0, 0.05) is 21.9 Å². The maximum atomic E-state index is 13.4. The average molecular weight is 345 g/mol. The van der Waals surface area contributed by atoms with Gasteiger partial charge in [-0.1, -0.05) is 30.3 Å². The Morgan fingerprint density at radius 3 is 2.71 bits per heavy atom. The molecular formula is C18H16FNO3S. The largest absolute Gasteiger partial charge is 0.496 e. The fourth-order valence-corrected chi connectivity index (χ4v) is 3.42. The summed E-state index contributed by atoms with van der Waals surface area (Å²) in [6.07, 6.45) is 1.62. The lowest BCUT2D eigenvalue weighted by Gasteiger charge is -2.07. The first-order chi connectivity index (χ1) is 11.7. The molecule has 0 fully saturated rings. The SMILES string of the molecule is COc1ccc(F)cc1CS(=O)Cc1ncc(-c2ccccc2)o1. The van der Waals surface area contributed by atoms with Gasteiger partial charge < -0.3 is 9.15 Å². The summed E-state index contributed by atoms with van der Waals surface area (Å²) in [5.41, 5.74) is 1.47. The summed E-state index contributed by atoms with van der Waals surface area (Å²) in [6, 6.07) is 13.7. The zero-order chi connectivity index (χ0) is 16.9. The van der Waals surface area contributed by atoms with Crippen LogP contribution in [0.25, 0.3) is 11.3 Å². The minimum absolute atomic E-state index is 0.159. The van der Waals surface area contributed by atoms with E-state index in [1.54, 1.807) is 6.20 Å². The van der Waals surface area contributed by atoms with Gasteiger partial charge in [-0.25, -0.2) is 9.37 Å². The molecule has 1 unspecified atom stereocenters. The van der Waals surface area contributed by atoms with Crippen molar-refractivity contribution in [2.45, 2.75) is 11.5 Å². The summed E-state index contributed by atoms with van der Waals surface area (Å²) >= 11 is 0. The lowest BCUT2D eigenvalue weighted by Crippen LogP contribution is -2.02.